The number of hydrogen-bond acceptors (Lipinski definition) is 3. The molecule has 1 aliphatic heterocycles. The minimum absolute atomic E-state index is 0.579. The molecule has 0 saturated heterocycles. The molecular formula is C14H15N3. The Balaban J connectivity index is 1.89. The van der Waals surface area contributed by atoms with Crippen molar-refractivity contribution in [3.63, 3.8) is 0 Å². The first-order valence-electron chi connectivity index (χ1n) is 6.45. The van der Waals surface area contributed by atoms with E-state index in [0.29, 0.717) is 12.0 Å². The molecule has 17 heavy (non-hydrogen) atoms. The highest BCUT2D eigenvalue weighted by molar-refractivity contribution is 5.77. The number of hydrogen-bond donors (Lipinski definition) is 1. The maximum Gasteiger partial charge on any atom is 0.149 e. The summed E-state index contributed by atoms with van der Waals surface area (Å²) in [7, 11) is 0. The van der Waals surface area contributed by atoms with Crippen LogP contribution in [0, 0.1) is 0 Å². The highest BCUT2D eigenvalue weighted by Crippen LogP contribution is 2.42. The van der Waals surface area contributed by atoms with Gasteiger partial charge in [-0.2, -0.15) is 0 Å². The third kappa shape index (κ3) is 1.35. The zero-order valence-corrected chi connectivity index (χ0v) is 9.69. The average molecular weight is 225 g/mol. The van der Waals surface area contributed by atoms with Crippen LogP contribution >= 0.6 is 0 Å². The maximum absolute atomic E-state index is 4.82. The van der Waals surface area contributed by atoms with Crippen LogP contribution in [0.2, 0.25) is 0 Å². The molecular weight excluding hydrogens is 210 g/mol. The molecule has 3 nitrogen and oxygen atoms in total. The molecule has 4 rings (SSSR count). The van der Waals surface area contributed by atoms with E-state index >= 15 is 0 Å². The summed E-state index contributed by atoms with van der Waals surface area (Å²) in [5.74, 6) is 1.62. The first-order valence-corrected chi connectivity index (χ1v) is 6.45. The Bertz CT molecular complexity index is 579. The summed E-state index contributed by atoms with van der Waals surface area (Å²) in [4.78, 5) is 9.52. The van der Waals surface area contributed by atoms with E-state index in [-0.39, 0.29) is 0 Å². The van der Waals surface area contributed by atoms with Crippen molar-refractivity contribution in [2.75, 3.05) is 5.32 Å². The quantitative estimate of drug-likeness (QED) is 0.748. The van der Waals surface area contributed by atoms with Gasteiger partial charge in [-0.25, -0.2) is 9.97 Å². The smallest absolute Gasteiger partial charge is 0.149 e. The van der Waals surface area contributed by atoms with Crippen LogP contribution in [0.15, 0.2) is 24.3 Å². The Labute approximate surface area is 100 Å². The molecule has 86 valence electrons. The second-order valence-electron chi connectivity index (χ2n) is 5.09. The topological polar surface area (TPSA) is 37.8 Å². The van der Waals surface area contributed by atoms with Gasteiger partial charge in [0.2, 0.25) is 0 Å². The number of aromatic nitrogens is 2. The maximum atomic E-state index is 4.82. The van der Waals surface area contributed by atoms with Gasteiger partial charge in [0.15, 0.2) is 0 Å². The van der Waals surface area contributed by atoms with Gasteiger partial charge >= 0.3 is 0 Å². The van der Waals surface area contributed by atoms with Crippen LogP contribution in [0.5, 0.6) is 0 Å². The van der Waals surface area contributed by atoms with Crippen LogP contribution in [-0.4, -0.2) is 16.0 Å². The molecule has 1 aliphatic carbocycles. The SMILES string of the molecule is c1ccc2nc3c(nc2c1)N[C@H]1CCCC[C@H]31. The van der Waals surface area contributed by atoms with Crippen molar-refractivity contribution in [1.82, 2.24) is 9.97 Å². The van der Waals surface area contributed by atoms with Crippen molar-refractivity contribution < 1.29 is 0 Å². The minimum Gasteiger partial charge on any atom is -0.365 e. The summed E-state index contributed by atoms with van der Waals surface area (Å²) in [6.45, 7) is 0. The molecule has 0 amide bonds. The number of nitrogens with one attached hydrogen (secondary N) is 1. The third-order valence-electron chi connectivity index (χ3n) is 4.04. The molecule has 0 bridgehead atoms. The highest BCUT2D eigenvalue weighted by Gasteiger charge is 2.36. The molecule has 1 fully saturated rings. The largest absolute Gasteiger partial charge is 0.365 e. The first kappa shape index (κ1) is 9.40. The number of nitrogens with zero attached hydrogens (tertiary/aromatic N) is 2. The van der Waals surface area contributed by atoms with Crippen molar-refractivity contribution in [3.8, 4) is 0 Å². The molecule has 0 unspecified atom stereocenters. The second kappa shape index (κ2) is 3.42. The molecule has 0 radical (unpaired) electrons. The van der Waals surface area contributed by atoms with Gasteiger partial charge in [0.1, 0.15) is 5.82 Å². The van der Waals surface area contributed by atoms with E-state index in [1.165, 1.54) is 31.4 Å². The summed E-state index contributed by atoms with van der Waals surface area (Å²) < 4.78 is 0. The van der Waals surface area contributed by atoms with Crippen molar-refractivity contribution in [2.45, 2.75) is 37.6 Å². The van der Waals surface area contributed by atoms with Gasteiger partial charge in [0.25, 0.3) is 0 Å². The van der Waals surface area contributed by atoms with Crippen molar-refractivity contribution in [3.05, 3.63) is 30.0 Å². The lowest BCUT2D eigenvalue weighted by molar-refractivity contribution is 0.417. The summed E-state index contributed by atoms with van der Waals surface area (Å²) in [5.41, 5.74) is 3.23. The van der Waals surface area contributed by atoms with Gasteiger partial charge in [-0.15, -0.1) is 0 Å². The zero-order chi connectivity index (χ0) is 11.2. The van der Waals surface area contributed by atoms with E-state index in [9.17, 15) is 0 Å². The fourth-order valence-electron chi connectivity index (χ4n) is 3.18. The van der Waals surface area contributed by atoms with E-state index in [4.69, 9.17) is 9.97 Å². The van der Waals surface area contributed by atoms with Crippen molar-refractivity contribution in [1.29, 1.82) is 0 Å². The number of anilines is 1. The van der Waals surface area contributed by atoms with Gasteiger partial charge in [-0.05, 0) is 25.0 Å². The van der Waals surface area contributed by atoms with Crippen molar-refractivity contribution >= 4 is 16.9 Å². The molecule has 1 aromatic heterocycles. The van der Waals surface area contributed by atoms with E-state index in [2.05, 4.69) is 11.4 Å². The molecule has 1 saturated carbocycles. The molecule has 3 heteroatoms. The number of para-hydroxylation sites is 2. The van der Waals surface area contributed by atoms with Gasteiger partial charge in [-0.3, -0.25) is 0 Å². The van der Waals surface area contributed by atoms with Crippen molar-refractivity contribution in [2.24, 2.45) is 0 Å². The average Bonchev–Trinajstić information content (AvgIpc) is 2.73. The first-order chi connectivity index (χ1) is 8.42. The van der Waals surface area contributed by atoms with E-state index in [0.717, 1.165) is 16.9 Å². The predicted molar refractivity (Wildman–Crippen MR) is 68.2 cm³/mol. The van der Waals surface area contributed by atoms with Crippen LogP contribution in [0.25, 0.3) is 11.0 Å². The molecule has 2 heterocycles. The lowest BCUT2D eigenvalue weighted by atomic mass is 9.85. The monoisotopic (exact) mass is 225 g/mol. The third-order valence-corrected chi connectivity index (χ3v) is 4.04. The van der Waals surface area contributed by atoms with E-state index in [1.807, 2.05) is 18.2 Å². The number of rotatable bonds is 0. The fourth-order valence-corrected chi connectivity index (χ4v) is 3.18. The molecule has 2 aliphatic rings. The van der Waals surface area contributed by atoms with E-state index < -0.39 is 0 Å². The van der Waals surface area contributed by atoms with Crippen LogP contribution in [0.1, 0.15) is 37.3 Å². The molecule has 0 spiro atoms. The standard InChI is InChI=1S/C14H15N3/c1-2-6-10-9(5-1)13-14(16-10)17-12-8-4-3-7-11(12)15-13/h3-4,7-10H,1-2,5-6H2,(H,16,17)/t9-,10-/m0/s1. The highest BCUT2D eigenvalue weighted by atomic mass is 15.1. The minimum atomic E-state index is 0.579. The van der Waals surface area contributed by atoms with Crippen LogP contribution in [-0.2, 0) is 0 Å². The normalized spacial score (nSPS) is 26.4. The molecule has 2 atom stereocenters. The van der Waals surface area contributed by atoms with Gasteiger partial charge in [-0.1, -0.05) is 25.0 Å². The van der Waals surface area contributed by atoms with Crippen LogP contribution in [0.4, 0.5) is 5.82 Å². The van der Waals surface area contributed by atoms with Gasteiger partial charge in [0, 0.05) is 12.0 Å². The summed E-state index contributed by atoms with van der Waals surface area (Å²) in [5, 5.41) is 3.55. The fraction of sp³-hybridized carbons (Fsp3) is 0.429. The zero-order valence-electron chi connectivity index (χ0n) is 9.69. The number of fused-ring (bicyclic) bond motifs is 4. The lowest BCUT2D eigenvalue weighted by Gasteiger charge is -2.24. The summed E-state index contributed by atoms with van der Waals surface area (Å²) >= 11 is 0. The van der Waals surface area contributed by atoms with Crippen LogP contribution in [0.3, 0.4) is 0 Å². The summed E-state index contributed by atoms with van der Waals surface area (Å²) in [6.07, 6.45) is 5.19. The Hall–Kier alpha value is -1.64. The lowest BCUT2D eigenvalue weighted by Crippen LogP contribution is -2.24. The Morgan fingerprint density at radius 1 is 1.00 bits per heavy atom. The second-order valence-corrected chi connectivity index (χ2v) is 5.09. The molecule has 1 aromatic carbocycles. The van der Waals surface area contributed by atoms with Crippen LogP contribution < -0.4 is 5.32 Å². The Morgan fingerprint density at radius 2 is 1.76 bits per heavy atom. The predicted octanol–water partition coefficient (Wildman–Crippen LogP) is 3.08. The Morgan fingerprint density at radius 3 is 2.65 bits per heavy atom. The van der Waals surface area contributed by atoms with E-state index in [1.54, 1.807) is 0 Å². The Kier molecular flexibility index (Phi) is 1.89. The van der Waals surface area contributed by atoms with Gasteiger partial charge in [0.05, 0.1) is 16.7 Å². The molecule has 2 aromatic rings. The number of benzene rings is 1. The summed E-state index contributed by atoms with van der Waals surface area (Å²) in [6, 6.07) is 8.72. The van der Waals surface area contributed by atoms with Gasteiger partial charge < -0.3 is 5.32 Å². The molecule has 1 N–H and O–H groups in total.